The molecular weight excluding hydrogens is 666 g/mol. The summed E-state index contributed by atoms with van der Waals surface area (Å²) in [7, 11) is 0. The van der Waals surface area contributed by atoms with Crippen molar-refractivity contribution in [3.8, 4) is 23.0 Å². The second kappa shape index (κ2) is 14.4. The van der Waals surface area contributed by atoms with Gasteiger partial charge >= 0.3 is 12.4 Å². The van der Waals surface area contributed by atoms with Crippen molar-refractivity contribution in [1.82, 2.24) is 0 Å². The van der Waals surface area contributed by atoms with E-state index in [1.807, 2.05) is 12.1 Å². The van der Waals surface area contributed by atoms with Crippen molar-refractivity contribution in [1.29, 1.82) is 0 Å². The standard InChI is InChI=1S/C41H44F6N2O2/c1-39(2,27-13-17-35(31(21-27)25-9-5-3-6-10-25)50-37-19-15-29(48)23-33(37)40(42,43)44)28-14-18-36(32(22-28)26-11-7-4-8-12-26)51-38-20-16-30(49)24-34(38)41(45,46)47/h13-26H,3-12,48-49H2,1-2H3. The number of hydrogen-bond acceptors (Lipinski definition) is 4. The fraction of sp³-hybridized carbons (Fsp3) is 0.415. The lowest BCUT2D eigenvalue weighted by molar-refractivity contribution is -0.139. The van der Waals surface area contributed by atoms with Gasteiger partial charge in [0.1, 0.15) is 34.1 Å². The zero-order valence-corrected chi connectivity index (χ0v) is 28.9. The van der Waals surface area contributed by atoms with Gasteiger partial charge in [-0.3, -0.25) is 0 Å². The number of anilines is 2. The number of ether oxygens (including phenoxy) is 2. The molecule has 6 rings (SSSR count). The second-order valence-electron chi connectivity index (χ2n) is 14.5. The molecule has 51 heavy (non-hydrogen) atoms. The number of rotatable bonds is 8. The summed E-state index contributed by atoms with van der Waals surface area (Å²) < 4.78 is 96.2. The number of nitrogens with two attached hydrogens (primary N) is 2. The maximum Gasteiger partial charge on any atom is 0.420 e. The summed E-state index contributed by atoms with van der Waals surface area (Å²) in [4.78, 5) is 0. The summed E-state index contributed by atoms with van der Waals surface area (Å²) in [6, 6.07) is 18.5. The molecule has 0 atom stereocenters. The van der Waals surface area contributed by atoms with Crippen LogP contribution in [-0.2, 0) is 17.8 Å². The van der Waals surface area contributed by atoms with Crippen molar-refractivity contribution >= 4 is 11.4 Å². The minimum atomic E-state index is -4.65. The molecule has 4 N–H and O–H groups in total. The van der Waals surface area contributed by atoms with Crippen molar-refractivity contribution in [3.05, 3.63) is 106 Å². The first-order chi connectivity index (χ1) is 24.1. The number of halogens is 6. The lowest BCUT2D eigenvalue weighted by Crippen LogP contribution is -2.21. The van der Waals surface area contributed by atoms with Crippen LogP contribution in [0.5, 0.6) is 23.0 Å². The first kappa shape index (κ1) is 36.5. The third kappa shape index (κ3) is 8.10. The molecule has 4 aromatic carbocycles. The van der Waals surface area contributed by atoms with Crippen LogP contribution in [-0.4, -0.2) is 0 Å². The van der Waals surface area contributed by atoms with Gasteiger partial charge in [-0.15, -0.1) is 0 Å². The Hall–Kier alpha value is -4.34. The summed E-state index contributed by atoms with van der Waals surface area (Å²) >= 11 is 0. The largest absolute Gasteiger partial charge is 0.456 e. The number of nitrogen functional groups attached to an aromatic ring is 2. The normalized spacial score (nSPS) is 16.6. The van der Waals surface area contributed by atoms with Gasteiger partial charge in [0, 0.05) is 16.8 Å². The van der Waals surface area contributed by atoms with E-state index in [1.54, 1.807) is 12.1 Å². The Bertz CT molecular complexity index is 1720. The van der Waals surface area contributed by atoms with Gasteiger partial charge < -0.3 is 20.9 Å². The summed E-state index contributed by atoms with van der Waals surface area (Å²) in [5.74, 6) is 0.388. The third-order valence-electron chi connectivity index (χ3n) is 10.6. The molecule has 0 bridgehead atoms. The van der Waals surface area contributed by atoms with Crippen LogP contribution in [0.25, 0.3) is 0 Å². The average molecular weight is 711 g/mol. The SMILES string of the molecule is CC(C)(c1ccc(Oc2ccc(N)cc2C(F)(F)F)c(C2CCCCC2)c1)c1ccc(Oc2ccc(N)cc2C(F)(F)F)c(C2CCCCC2)c1. The topological polar surface area (TPSA) is 70.5 Å². The summed E-state index contributed by atoms with van der Waals surface area (Å²) in [6.45, 7) is 4.16. The molecule has 0 spiro atoms. The molecule has 4 aromatic rings. The van der Waals surface area contributed by atoms with Crippen molar-refractivity contribution in [2.24, 2.45) is 0 Å². The number of hydrogen-bond donors (Lipinski definition) is 2. The fourth-order valence-corrected chi connectivity index (χ4v) is 7.65. The van der Waals surface area contributed by atoms with E-state index in [0.717, 1.165) is 98.6 Å². The van der Waals surface area contributed by atoms with Crippen LogP contribution < -0.4 is 20.9 Å². The molecule has 0 aromatic heterocycles. The number of alkyl halides is 6. The van der Waals surface area contributed by atoms with E-state index in [-0.39, 0.29) is 34.7 Å². The van der Waals surface area contributed by atoms with E-state index < -0.39 is 28.9 Å². The molecule has 0 aliphatic heterocycles. The van der Waals surface area contributed by atoms with Crippen molar-refractivity contribution in [2.75, 3.05) is 11.5 Å². The lowest BCUT2D eigenvalue weighted by atomic mass is 9.74. The molecule has 0 heterocycles. The molecule has 0 radical (unpaired) electrons. The summed E-state index contributed by atoms with van der Waals surface area (Å²) in [6.07, 6.45) is 0.584. The minimum absolute atomic E-state index is 0.00227. The zero-order chi connectivity index (χ0) is 36.6. The Labute approximate surface area is 295 Å². The minimum Gasteiger partial charge on any atom is -0.456 e. The Morgan fingerprint density at radius 1 is 0.490 bits per heavy atom. The highest BCUT2D eigenvalue weighted by atomic mass is 19.4. The van der Waals surface area contributed by atoms with Gasteiger partial charge in [0.05, 0.1) is 0 Å². The van der Waals surface area contributed by atoms with Gasteiger partial charge in [-0.05, 0) is 108 Å². The molecule has 2 fully saturated rings. The van der Waals surface area contributed by atoms with E-state index in [2.05, 4.69) is 26.0 Å². The van der Waals surface area contributed by atoms with E-state index >= 15 is 0 Å². The highest BCUT2D eigenvalue weighted by Gasteiger charge is 2.37. The maximum atomic E-state index is 14.0. The van der Waals surface area contributed by atoms with Crippen LogP contribution in [0.2, 0.25) is 0 Å². The van der Waals surface area contributed by atoms with E-state index in [0.29, 0.717) is 11.5 Å². The number of benzene rings is 4. The van der Waals surface area contributed by atoms with Gasteiger partial charge in [0.2, 0.25) is 0 Å². The second-order valence-corrected chi connectivity index (χ2v) is 14.5. The Balaban J connectivity index is 1.40. The molecule has 0 unspecified atom stereocenters. The van der Waals surface area contributed by atoms with Gasteiger partial charge in [0.25, 0.3) is 0 Å². The molecular formula is C41H44F6N2O2. The van der Waals surface area contributed by atoms with Crippen LogP contribution in [0, 0.1) is 0 Å². The summed E-state index contributed by atoms with van der Waals surface area (Å²) in [5, 5.41) is 0. The Morgan fingerprint density at radius 2 is 0.843 bits per heavy atom. The fourth-order valence-electron chi connectivity index (χ4n) is 7.65. The van der Waals surface area contributed by atoms with Crippen LogP contribution in [0.3, 0.4) is 0 Å². The lowest BCUT2D eigenvalue weighted by Gasteiger charge is -2.32. The zero-order valence-electron chi connectivity index (χ0n) is 28.9. The molecule has 2 aliphatic carbocycles. The van der Waals surface area contributed by atoms with Crippen LogP contribution in [0.1, 0.15) is 123 Å². The monoisotopic (exact) mass is 710 g/mol. The summed E-state index contributed by atoms with van der Waals surface area (Å²) in [5.41, 5.74) is 12.6. The van der Waals surface area contributed by atoms with E-state index in [9.17, 15) is 26.3 Å². The van der Waals surface area contributed by atoms with Crippen molar-refractivity contribution in [3.63, 3.8) is 0 Å². The molecule has 10 heteroatoms. The van der Waals surface area contributed by atoms with Gasteiger partial charge in [0.15, 0.2) is 0 Å². The predicted octanol–water partition coefficient (Wildman–Crippen LogP) is 12.9. The van der Waals surface area contributed by atoms with Gasteiger partial charge in [-0.2, -0.15) is 26.3 Å². The molecule has 0 saturated heterocycles. The van der Waals surface area contributed by atoms with Crippen molar-refractivity contribution in [2.45, 2.75) is 108 Å². The van der Waals surface area contributed by atoms with Crippen LogP contribution >= 0.6 is 0 Å². The van der Waals surface area contributed by atoms with Crippen molar-refractivity contribution < 1.29 is 35.8 Å². The Morgan fingerprint density at radius 3 is 1.20 bits per heavy atom. The Kier molecular flexibility index (Phi) is 10.3. The van der Waals surface area contributed by atoms with Gasteiger partial charge in [-0.25, -0.2) is 0 Å². The predicted molar refractivity (Wildman–Crippen MR) is 189 cm³/mol. The molecule has 0 amide bonds. The third-order valence-corrected chi connectivity index (χ3v) is 10.6. The highest BCUT2D eigenvalue weighted by molar-refractivity contribution is 5.55. The van der Waals surface area contributed by atoms with Gasteiger partial charge in [-0.1, -0.05) is 76.6 Å². The first-order valence-corrected chi connectivity index (χ1v) is 17.7. The molecule has 2 saturated carbocycles. The molecule has 272 valence electrons. The van der Waals surface area contributed by atoms with E-state index in [4.69, 9.17) is 20.9 Å². The highest BCUT2D eigenvalue weighted by Crippen LogP contribution is 2.48. The first-order valence-electron chi connectivity index (χ1n) is 17.7. The molecule has 2 aliphatic rings. The van der Waals surface area contributed by atoms with E-state index in [1.165, 1.54) is 24.3 Å². The smallest absolute Gasteiger partial charge is 0.420 e. The average Bonchev–Trinajstić information content (AvgIpc) is 3.10. The van der Waals surface area contributed by atoms with Crippen LogP contribution in [0.4, 0.5) is 37.7 Å². The maximum absolute atomic E-state index is 14.0. The quantitative estimate of drug-likeness (QED) is 0.141. The molecule has 4 nitrogen and oxygen atoms in total. The van der Waals surface area contributed by atoms with Crippen LogP contribution in [0.15, 0.2) is 72.8 Å².